The number of nitrogens with one attached hydrogen (secondary N) is 1. The number of sulfonamides is 1. The van der Waals surface area contributed by atoms with Crippen molar-refractivity contribution in [2.24, 2.45) is 0 Å². The van der Waals surface area contributed by atoms with Gasteiger partial charge in [-0.2, -0.15) is 0 Å². The number of nitrogens with zero attached hydrogens (tertiary/aromatic N) is 3. The first kappa shape index (κ1) is 25.0. The predicted octanol–water partition coefficient (Wildman–Crippen LogP) is 5.51. The van der Waals surface area contributed by atoms with Crippen LogP contribution in [0.2, 0.25) is 0 Å². The van der Waals surface area contributed by atoms with Crippen molar-refractivity contribution in [2.75, 3.05) is 15.4 Å². The van der Waals surface area contributed by atoms with Crippen LogP contribution in [0.4, 0.5) is 11.4 Å². The Morgan fingerprint density at radius 1 is 0.973 bits per heavy atom. The monoisotopic (exact) mass is 530 g/mol. The Hall–Kier alpha value is -3.69. The average molecular weight is 531 g/mol. The van der Waals surface area contributed by atoms with Crippen LogP contribution in [-0.4, -0.2) is 30.0 Å². The summed E-state index contributed by atoms with van der Waals surface area (Å²) in [5, 5.41) is 3.25. The lowest BCUT2D eigenvalue weighted by atomic mass is 10.1. The molecular formula is C28H26N4O3S2. The fourth-order valence-corrected chi connectivity index (χ4v) is 6.49. The van der Waals surface area contributed by atoms with Gasteiger partial charge in [0.15, 0.2) is 5.16 Å². The summed E-state index contributed by atoms with van der Waals surface area (Å²) in [7, 11) is -3.89. The maximum absolute atomic E-state index is 13.7. The van der Waals surface area contributed by atoms with Crippen LogP contribution in [0.15, 0.2) is 83.0 Å². The normalized spacial score (nSPS) is 13.5. The average Bonchev–Trinajstić information content (AvgIpc) is 2.88. The molecule has 1 N–H and O–H groups in total. The summed E-state index contributed by atoms with van der Waals surface area (Å²) in [5.41, 5.74) is 6.45. The van der Waals surface area contributed by atoms with Crippen molar-refractivity contribution in [3.05, 3.63) is 95.2 Å². The maximum atomic E-state index is 13.7. The molecule has 0 unspecified atom stereocenters. The zero-order chi connectivity index (χ0) is 26.2. The Labute approximate surface area is 221 Å². The third-order valence-corrected chi connectivity index (χ3v) is 8.91. The van der Waals surface area contributed by atoms with E-state index in [1.54, 1.807) is 6.07 Å². The van der Waals surface area contributed by atoms with Gasteiger partial charge in [0.1, 0.15) is 4.90 Å². The summed E-state index contributed by atoms with van der Waals surface area (Å²) < 4.78 is 28.8. The summed E-state index contributed by atoms with van der Waals surface area (Å²) in [6.45, 7) is 6.12. The van der Waals surface area contributed by atoms with Crippen molar-refractivity contribution in [3.63, 3.8) is 0 Å². The van der Waals surface area contributed by atoms with Gasteiger partial charge in [0.25, 0.3) is 10.0 Å². The quantitative estimate of drug-likeness (QED) is 0.261. The Bertz CT molecular complexity index is 1620. The second-order valence-electron chi connectivity index (χ2n) is 8.98. The molecule has 3 aromatic carbocycles. The third-order valence-electron chi connectivity index (χ3n) is 6.29. The minimum Gasteiger partial charge on any atom is -0.325 e. The SMILES string of the molecule is Cc1ccc(NC(=O)CSc2ncc3c(n2)-c2ccccc2N(Cc2ccccc2C)S3(=O)=O)c(C)c1. The Morgan fingerprint density at radius 2 is 1.73 bits per heavy atom. The molecule has 1 aliphatic heterocycles. The first-order chi connectivity index (χ1) is 17.7. The fourth-order valence-electron chi connectivity index (χ4n) is 4.33. The number of hydrogen-bond donors (Lipinski definition) is 1. The maximum Gasteiger partial charge on any atom is 0.268 e. The van der Waals surface area contributed by atoms with Gasteiger partial charge in [-0.25, -0.2) is 18.4 Å². The number of hydrogen-bond acceptors (Lipinski definition) is 6. The number of carbonyl (C=O) groups excluding carboxylic acids is 1. The molecule has 0 spiro atoms. The van der Waals surface area contributed by atoms with Crippen molar-refractivity contribution in [3.8, 4) is 11.3 Å². The van der Waals surface area contributed by atoms with Crippen molar-refractivity contribution in [1.82, 2.24) is 9.97 Å². The molecule has 0 atom stereocenters. The molecule has 1 aromatic heterocycles. The van der Waals surface area contributed by atoms with Crippen LogP contribution >= 0.6 is 11.8 Å². The fraction of sp³-hybridized carbons (Fsp3) is 0.179. The van der Waals surface area contributed by atoms with Gasteiger partial charge in [-0.05, 0) is 49.6 Å². The van der Waals surface area contributed by atoms with E-state index >= 15 is 0 Å². The van der Waals surface area contributed by atoms with E-state index < -0.39 is 10.0 Å². The van der Waals surface area contributed by atoms with E-state index in [1.165, 1.54) is 22.3 Å². The molecular weight excluding hydrogens is 504 g/mol. The van der Waals surface area contributed by atoms with Crippen molar-refractivity contribution in [1.29, 1.82) is 0 Å². The number of aromatic nitrogens is 2. The van der Waals surface area contributed by atoms with Gasteiger partial charge in [0, 0.05) is 11.3 Å². The molecule has 1 amide bonds. The topological polar surface area (TPSA) is 92.3 Å². The molecule has 1 aliphatic rings. The van der Waals surface area contributed by atoms with Gasteiger partial charge in [-0.3, -0.25) is 9.10 Å². The van der Waals surface area contributed by atoms with Crippen LogP contribution in [0.5, 0.6) is 0 Å². The zero-order valence-corrected chi connectivity index (χ0v) is 22.4. The van der Waals surface area contributed by atoms with Crippen molar-refractivity contribution < 1.29 is 13.2 Å². The van der Waals surface area contributed by atoms with Crippen molar-refractivity contribution >= 4 is 39.1 Å². The molecule has 7 nitrogen and oxygen atoms in total. The Kier molecular flexibility index (Phi) is 6.74. The van der Waals surface area contributed by atoms with Gasteiger partial charge in [-0.15, -0.1) is 0 Å². The number of carbonyl (C=O) groups is 1. The van der Waals surface area contributed by atoms with E-state index in [2.05, 4.69) is 15.3 Å². The Balaban J connectivity index is 1.41. The second kappa shape index (κ2) is 9.99. The molecule has 2 heterocycles. The summed E-state index contributed by atoms with van der Waals surface area (Å²) in [6, 6.07) is 20.9. The van der Waals surface area contributed by atoms with Crippen LogP contribution < -0.4 is 9.62 Å². The summed E-state index contributed by atoms with van der Waals surface area (Å²) in [4.78, 5) is 21.5. The molecule has 9 heteroatoms. The van der Waals surface area contributed by atoms with E-state index in [0.29, 0.717) is 22.1 Å². The third kappa shape index (κ3) is 4.97. The highest BCUT2D eigenvalue weighted by Gasteiger charge is 2.36. The van der Waals surface area contributed by atoms with Crippen LogP contribution in [0.3, 0.4) is 0 Å². The molecule has 5 rings (SSSR count). The minimum absolute atomic E-state index is 0.0591. The smallest absolute Gasteiger partial charge is 0.268 e. The second-order valence-corrected chi connectivity index (χ2v) is 11.7. The van der Waals surface area contributed by atoms with Crippen LogP contribution in [0.1, 0.15) is 22.3 Å². The lowest BCUT2D eigenvalue weighted by molar-refractivity contribution is -0.113. The first-order valence-corrected chi connectivity index (χ1v) is 14.2. The molecule has 37 heavy (non-hydrogen) atoms. The largest absolute Gasteiger partial charge is 0.325 e. The highest BCUT2D eigenvalue weighted by Crippen LogP contribution is 2.43. The van der Waals surface area contributed by atoms with Crippen LogP contribution in [0.25, 0.3) is 11.3 Å². The van der Waals surface area contributed by atoms with Gasteiger partial charge >= 0.3 is 0 Å². The molecule has 4 aromatic rings. The van der Waals surface area contributed by atoms with E-state index in [-0.39, 0.29) is 23.1 Å². The van der Waals surface area contributed by atoms with Gasteiger partial charge in [0.05, 0.1) is 29.9 Å². The molecule has 0 radical (unpaired) electrons. The number of fused-ring (bicyclic) bond motifs is 3. The highest BCUT2D eigenvalue weighted by molar-refractivity contribution is 7.99. The van der Waals surface area contributed by atoms with E-state index in [4.69, 9.17) is 0 Å². The summed E-state index contributed by atoms with van der Waals surface area (Å²) in [5.74, 6) is -0.0874. The number of aryl methyl sites for hydroxylation is 3. The lowest BCUT2D eigenvalue weighted by Gasteiger charge is -2.31. The standard InChI is InChI=1S/C28H26N4O3S2/c1-18-12-13-23(20(3)14-18)30-26(33)17-36-28-29-15-25-27(31-28)22-10-6-7-11-24(22)32(37(25,34)35)16-21-9-5-4-8-19(21)2/h4-15H,16-17H2,1-3H3,(H,30,33). The number of benzene rings is 3. The molecule has 0 saturated heterocycles. The van der Waals surface area contributed by atoms with Gasteiger partial charge < -0.3 is 5.32 Å². The molecule has 188 valence electrons. The number of thioether (sulfide) groups is 1. The van der Waals surface area contributed by atoms with E-state index in [0.717, 1.165) is 27.9 Å². The Morgan fingerprint density at radius 3 is 2.51 bits per heavy atom. The van der Waals surface area contributed by atoms with Crippen LogP contribution in [-0.2, 0) is 21.4 Å². The number of rotatable bonds is 6. The predicted molar refractivity (Wildman–Crippen MR) is 147 cm³/mol. The molecule has 0 saturated carbocycles. The number of anilines is 2. The molecule has 0 fully saturated rings. The molecule has 0 aliphatic carbocycles. The lowest BCUT2D eigenvalue weighted by Crippen LogP contribution is -2.34. The highest BCUT2D eigenvalue weighted by atomic mass is 32.2. The molecule has 0 bridgehead atoms. The van der Waals surface area contributed by atoms with Gasteiger partial charge in [-0.1, -0.05) is 71.9 Å². The summed E-state index contributed by atoms with van der Waals surface area (Å²) >= 11 is 1.17. The van der Waals surface area contributed by atoms with Gasteiger partial charge in [0.2, 0.25) is 5.91 Å². The van der Waals surface area contributed by atoms with Crippen LogP contribution in [0, 0.1) is 20.8 Å². The van der Waals surface area contributed by atoms with E-state index in [1.807, 2.05) is 81.4 Å². The first-order valence-electron chi connectivity index (χ1n) is 11.8. The summed E-state index contributed by atoms with van der Waals surface area (Å²) in [6.07, 6.45) is 1.35. The van der Waals surface area contributed by atoms with E-state index in [9.17, 15) is 13.2 Å². The zero-order valence-electron chi connectivity index (χ0n) is 20.7. The number of amides is 1. The number of para-hydroxylation sites is 1. The van der Waals surface area contributed by atoms with Crippen molar-refractivity contribution in [2.45, 2.75) is 37.4 Å². The minimum atomic E-state index is -3.89.